The standard InChI is InChI=1S/C33H40N4O5/c1-3-42-27-20-18-24(19-21-27)32(33(40)35-25-11-5-4-6-12-25)37(26-13-9-14-28(23-26)41-2)31(39)17-10-16-30(38)36-29-15-7-8-22-34-29/h7-9,13-15,18-23,25,32H,3-6,10-12,16-17H2,1-2H3,(H,35,40)(H,34,36,38)/t32-/m0/s1. The lowest BCUT2D eigenvalue weighted by molar-refractivity contribution is -0.127. The van der Waals surface area contributed by atoms with Crippen LogP contribution in [0.5, 0.6) is 11.5 Å². The van der Waals surface area contributed by atoms with E-state index in [1.807, 2.05) is 31.2 Å². The van der Waals surface area contributed by atoms with E-state index in [1.54, 1.807) is 55.8 Å². The zero-order valence-electron chi connectivity index (χ0n) is 24.4. The fourth-order valence-electron chi connectivity index (χ4n) is 5.22. The van der Waals surface area contributed by atoms with Gasteiger partial charge in [0.25, 0.3) is 0 Å². The maximum absolute atomic E-state index is 14.0. The number of aromatic nitrogens is 1. The molecule has 3 aromatic rings. The monoisotopic (exact) mass is 572 g/mol. The molecule has 1 aliphatic rings. The van der Waals surface area contributed by atoms with Crippen molar-refractivity contribution < 1.29 is 23.9 Å². The quantitative estimate of drug-likeness (QED) is 0.267. The Morgan fingerprint density at radius 2 is 1.74 bits per heavy atom. The Morgan fingerprint density at radius 1 is 0.952 bits per heavy atom. The van der Waals surface area contributed by atoms with Crippen molar-refractivity contribution in [3.05, 3.63) is 78.5 Å². The van der Waals surface area contributed by atoms with Gasteiger partial charge in [-0.25, -0.2) is 4.98 Å². The van der Waals surface area contributed by atoms with E-state index >= 15 is 0 Å². The number of nitrogens with zero attached hydrogens (tertiary/aromatic N) is 2. The first-order chi connectivity index (χ1) is 20.5. The van der Waals surface area contributed by atoms with Gasteiger partial charge in [0.1, 0.15) is 23.4 Å². The van der Waals surface area contributed by atoms with Gasteiger partial charge in [0.15, 0.2) is 0 Å². The van der Waals surface area contributed by atoms with Crippen molar-refractivity contribution in [2.45, 2.75) is 70.4 Å². The fourth-order valence-corrected chi connectivity index (χ4v) is 5.22. The molecule has 0 bridgehead atoms. The van der Waals surface area contributed by atoms with Crippen molar-refractivity contribution in [2.75, 3.05) is 23.9 Å². The van der Waals surface area contributed by atoms with E-state index < -0.39 is 6.04 Å². The van der Waals surface area contributed by atoms with E-state index in [1.165, 1.54) is 4.90 Å². The summed E-state index contributed by atoms with van der Waals surface area (Å²) >= 11 is 0. The van der Waals surface area contributed by atoms with Crippen molar-refractivity contribution in [3.8, 4) is 11.5 Å². The molecule has 1 aliphatic carbocycles. The van der Waals surface area contributed by atoms with Gasteiger partial charge >= 0.3 is 0 Å². The predicted molar refractivity (Wildman–Crippen MR) is 163 cm³/mol. The van der Waals surface area contributed by atoms with Gasteiger partial charge in [-0.3, -0.25) is 19.3 Å². The van der Waals surface area contributed by atoms with Crippen LogP contribution in [0, 0.1) is 0 Å². The second kappa shape index (κ2) is 15.6. The van der Waals surface area contributed by atoms with Crippen LogP contribution in [0.2, 0.25) is 0 Å². The molecule has 1 aromatic heterocycles. The summed E-state index contributed by atoms with van der Waals surface area (Å²) in [6.45, 7) is 2.43. The van der Waals surface area contributed by atoms with E-state index in [9.17, 15) is 14.4 Å². The molecular weight excluding hydrogens is 532 g/mol. The van der Waals surface area contributed by atoms with Gasteiger partial charge in [0.2, 0.25) is 17.7 Å². The summed E-state index contributed by atoms with van der Waals surface area (Å²) in [7, 11) is 1.56. The summed E-state index contributed by atoms with van der Waals surface area (Å²) in [6, 6.07) is 18.8. The van der Waals surface area contributed by atoms with Gasteiger partial charge in [0.05, 0.1) is 13.7 Å². The van der Waals surface area contributed by atoms with Gasteiger partial charge in [-0.15, -0.1) is 0 Å². The second-order valence-corrected chi connectivity index (χ2v) is 10.3. The Kier molecular flexibility index (Phi) is 11.3. The Hall–Kier alpha value is -4.40. The van der Waals surface area contributed by atoms with E-state index in [0.29, 0.717) is 41.6 Å². The van der Waals surface area contributed by atoms with Crippen molar-refractivity contribution in [3.63, 3.8) is 0 Å². The topological polar surface area (TPSA) is 110 Å². The number of carbonyl (C=O) groups is 3. The molecule has 2 N–H and O–H groups in total. The normalized spacial score (nSPS) is 14.0. The van der Waals surface area contributed by atoms with E-state index in [-0.39, 0.29) is 36.6 Å². The summed E-state index contributed by atoms with van der Waals surface area (Å²) in [6.07, 6.45) is 7.24. The molecule has 4 rings (SSSR count). The second-order valence-electron chi connectivity index (χ2n) is 10.3. The highest BCUT2D eigenvalue weighted by atomic mass is 16.5. The number of carbonyl (C=O) groups excluding carboxylic acids is 3. The summed E-state index contributed by atoms with van der Waals surface area (Å²) in [5.74, 6) is 0.972. The molecule has 1 heterocycles. The highest BCUT2D eigenvalue weighted by Crippen LogP contribution is 2.33. The Balaban J connectivity index is 1.61. The first kappa shape index (κ1) is 30.6. The summed E-state index contributed by atoms with van der Waals surface area (Å²) < 4.78 is 11.1. The van der Waals surface area contributed by atoms with Crippen LogP contribution in [0.4, 0.5) is 11.5 Å². The summed E-state index contributed by atoms with van der Waals surface area (Å²) in [5, 5.41) is 5.98. The molecule has 2 aromatic carbocycles. The molecular formula is C33H40N4O5. The lowest BCUT2D eigenvalue weighted by Gasteiger charge is -2.33. The predicted octanol–water partition coefficient (Wildman–Crippen LogP) is 5.82. The van der Waals surface area contributed by atoms with Crippen molar-refractivity contribution in [1.29, 1.82) is 0 Å². The third kappa shape index (κ3) is 8.55. The number of methoxy groups -OCH3 is 1. The van der Waals surface area contributed by atoms with E-state index in [4.69, 9.17) is 9.47 Å². The van der Waals surface area contributed by atoms with Gasteiger partial charge < -0.3 is 20.1 Å². The number of benzene rings is 2. The molecule has 9 nitrogen and oxygen atoms in total. The molecule has 0 aliphatic heterocycles. The van der Waals surface area contributed by atoms with Crippen LogP contribution in [0.3, 0.4) is 0 Å². The Labute approximate surface area is 247 Å². The zero-order chi connectivity index (χ0) is 29.7. The number of amides is 3. The van der Waals surface area contributed by atoms with Crippen molar-refractivity contribution >= 4 is 29.2 Å². The maximum atomic E-state index is 14.0. The number of rotatable bonds is 13. The molecule has 0 spiro atoms. The van der Waals surface area contributed by atoms with Gasteiger partial charge in [-0.2, -0.15) is 0 Å². The Bertz CT molecular complexity index is 1310. The summed E-state index contributed by atoms with van der Waals surface area (Å²) in [5.41, 5.74) is 1.20. The first-order valence-corrected chi connectivity index (χ1v) is 14.7. The van der Waals surface area contributed by atoms with Crippen LogP contribution in [-0.4, -0.2) is 42.5 Å². The number of nitrogens with one attached hydrogen (secondary N) is 2. The van der Waals surface area contributed by atoms with Crippen LogP contribution in [0.1, 0.15) is 69.9 Å². The molecule has 0 radical (unpaired) electrons. The fraction of sp³-hybridized carbons (Fsp3) is 0.394. The van der Waals surface area contributed by atoms with Crippen LogP contribution in [0.25, 0.3) is 0 Å². The molecule has 42 heavy (non-hydrogen) atoms. The molecule has 1 atom stereocenters. The number of pyridine rings is 1. The average Bonchev–Trinajstić information content (AvgIpc) is 3.01. The van der Waals surface area contributed by atoms with E-state index in [2.05, 4.69) is 15.6 Å². The number of hydrogen-bond donors (Lipinski definition) is 2. The number of hydrogen-bond acceptors (Lipinski definition) is 6. The largest absolute Gasteiger partial charge is 0.497 e. The molecule has 1 fully saturated rings. The van der Waals surface area contributed by atoms with Crippen LogP contribution >= 0.6 is 0 Å². The van der Waals surface area contributed by atoms with Gasteiger partial charge in [-0.1, -0.05) is 43.5 Å². The van der Waals surface area contributed by atoms with E-state index in [0.717, 1.165) is 32.1 Å². The minimum Gasteiger partial charge on any atom is -0.497 e. The van der Waals surface area contributed by atoms with Crippen LogP contribution < -0.4 is 25.0 Å². The Morgan fingerprint density at radius 3 is 2.43 bits per heavy atom. The lowest BCUT2D eigenvalue weighted by atomic mass is 9.94. The highest BCUT2D eigenvalue weighted by Gasteiger charge is 2.34. The van der Waals surface area contributed by atoms with Crippen molar-refractivity contribution in [1.82, 2.24) is 10.3 Å². The van der Waals surface area contributed by atoms with Crippen LogP contribution in [-0.2, 0) is 14.4 Å². The maximum Gasteiger partial charge on any atom is 0.248 e. The molecule has 3 amide bonds. The first-order valence-electron chi connectivity index (χ1n) is 14.7. The van der Waals surface area contributed by atoms with Gasteiger partial charge in [0, 0.05) is 36.8 Å². The molecule has 0 unspecified atom stereocenters. The molecule has 222 valence electrons. The number of anilines is 2. The lowest BCUT2D eigenvalue weighted by Crippen LogP contribution is -2.47. The SMILES string of the molecule is CCOc1ccc([C@@H](C(=O)NC2CCCCC2)N(C(=O)CCCC(=O)Nc2ccccn2)c2cccc(OC)c2)cc1. The number of ether oxygens (including phenoxy) is 2. The van der Waals surface area contributed by atoms with Gasteiger partial charge in [-0.05, 0) is 68.1 Å². The van der Waals surface area contributed by atoms with Crippen LogP contribution in [0.15, 0.2) is 72.9 Å². The minimum atomic E-state index is -0.926. The summed E-state index contributed by atoms with van der Waals surface area (Å²) in [4.78, 5) is 46.2. The molecule has 1 saturated carbocycles. The molecule has 9 heteroatoms. The smallest absolute Gasteiger partial charge is 0.248 e. The highest BCUT2D eigenvalue weighted by molar-refractivity contribution is 6.01. The third-order valence-corrected chi connectivity index (χ3v) is 7.29. The zero-order valence-corrected chi connectivity index (χ0v) is 24.4. The average molecular weight is 573 g/mol. The third-order valence-electron chi connectivity index (χ3n) is 7.29. The molecule has 0 saturated heterocycles. The van der Waals surface area contributed by atoms with Crippen molar-refractivity contribution in [2.24, 2.45) is 0 Å². The minimum absolute atomic E-state index is 0.0639.